The highest BCUT2D eigenvalue weighted by Crippen LogP contribution is 2.28. The van der Waals surface area contributed by atoms with Crippen molar-refractivity contribution in [2.45, 2.75) is 12.8 Å². The molecule has 0 saturated heterocycles. The van der Waals surface area contributed by atoms with Crippen LogP contribution < -0.4 is 10.6 Å². The number of rotatable bonds is 2. The highest BCUT2D eigenvalue weighted by atomic mass is 32.2. The van der Waals surface area contributed by atoms with E-state index in [0.717, 1.165) is 30.3 Å². The van der Waals surface area contributed by atoms with Crippen molar-refractivity contribution in [1.29, 1.82) is 0 Å². The van der Waals surface area contributed by atoms with Gasteiger partial charge in [-0.15, -0.1) is 0 Å². The van der Waals surface area contributed by atoms with Gasteiger partial charge >= 0.3 is 0 Å². The van der Waals surface area contributed by atoms with Crippen LogP contribution >= 0.6 is 0 Å². The molecule has 0 saturated carbocycles. The number of benzene rings is 1. The molecule has 0 radical (unpaired) electrons. The summed E-state index contributed by atoms with van der Waals surface area (Å²) in [6.45, 7) is 0.561. The summed E-state index contributed by atoms with van der Waals surface area (Å²) >= 11 is 0. The first-order chi connectivity index (χ1) is 8.37. The van der Waals surface area contributed by atoms with Gasteiger partial charge in [-0.2, -0.15) is 0 Å². The fourth-order valence-electron chi connectivity index (χ4n) is 2.18. The number of amides is 1. The minimum atomic E-state index is -3.30. The zero-order valence-electron chi connectivity index (χ0n) is 10.2. The summed E-state index contributed by atoms with van der Waals surface area (Å²) in [6, 6.07) is 5.35. The molecule has 1 aromatic rings. The number of carbonyl (C=O) groups is 1. The lowest BCUT2D eigenvalue weighted by Gasteiger charge is -2.29. The Labute approximate surface area is 107 Å². The van der Waals surface area contributed by atoms with E-state index in [2.05, 4.69) is 0 Å². The molecule has 1 aromatic carbocycles. The van der Waals surface area contributed by atoms with Gasteiger partial charge in [0.1, 0.15) is 5.75 Å². The largest absolute Gasteiger partial charge is 0.399 e. The summed E-state index contributed by atoms with van der Waals surface area (Å²) in [6.07, 6.45) is 2.76. The first-order valence-electron chi connectivity index (χ1n) is 5.73. The molecule has 0 aliphatic carbocycles. The van der Waals surface area contributed by atoms with Crippen LogP contribution in [0.25, 0.3) is 0 Å². The molecular weight excluding hydrogens is 252 g/mol. The van der Waals surface area contributed by atoms with E-state index in [1.807, 2.05) is 6.07 Å². The number of hydrogen-bond donors (Lipinski definition) is 1. The van der Waals surface area contributed by atoms with Gasteiger partial charge in [0.25, 0.3) is 0 Å². The SMILES string of the molecule is CS(=O)(=O)CC(=O)N1CCCc2cc(N)ccc21. The number of aryl methyl sites for hydroxylation is 1. The summed E-state index contributed by atoms with van der Waals surface area (Å²) in [5.41, 5.74) is 8.15. The van der Waals surface area contributed by atoms with Crippen LogP contribution in [-0.2, 0) is 21.1 Å². The Morgan fingerprint density at radius 1 is 1.44 bits per heavy atom. The third kappa shape index (κ3) is 2.81. The van der Waals surface area contributed by atoms with E-state index in [1.165, 1.54) is 0 Å². The fourth-order valence-corrected chi connectivity index (χ4v) is 2.78. The van der Waals surface area contributed by atoms with E-state index in [4.69, 9.17) is 5.73 Å². The Morgan fingerprint density at radius 3 is 2.83 bits per heavy atom. The van der Waals surface area contributed by atoms with Crippen molar-refractivity contribution in [3.8, 4) is 0 Å². The molecule has 0 bridgehead atoms. The lowest BCUT2D eigenvalue weighted by molar-refractivity contribution is -0.116. The van der Waals surface area contributed by atoms with Gasteiger partial charge in [0.05, 0.1) is 0 Å². The van der Waals surface area contributed by atoms with Crippen molar-refractivity contribution in [1.82, 2.24) is 0 Å². The first kappa shape index (κ1) is 12.9. The molecule has 0 aromatic heterocycles. The summed E-state index contributed by atoms with van der Waals surface area (Å²) in [5.74, 6) is -0.820. The maximum Gasteiger partial charge on any atom is 0.242 e. The Hall–Kier alpha value is -1.56. The smallest absolute Gasteiger partial charge is 0.242 e. The molecule has 2 rings (SSSR count). The number of anilines is 2. The lowest BCUT2D eigenvalue weighted by Crippen LogP contribution is -2.39. The van der Waals surface area contributed by atoms with E-state index < -0.39 is 15.6 Å². The molecule has 0 fully saturated rings. The van der Waals surface area contributed by atoms with Crippen molar-refractivity contribution in [3.63, 3.8) is 0 Å². The maximum atomic E-state index is 12.0. The van der Waals surface area contributed by atoms with Crippen LogP contribution in [0.3, 0.4) is 0 Å². The van der Waals surface area contributed by atoms with Gasteiger partial charge in [0.2, 0.25) is 5.91 Å². The maximum absolute atomic E-state index is 12.0. The second-order valence-electron chi connectivity index (χ2n) is 4.61. The molecule has 0 unspecified atom stereocenters. The minimum absolute atomic E-state index is 0.372. The molecule has 0 spiro atoms. The summed E-state index contributed by atoms with van der Waals surface area (Å²) < 4.78 is 22.4. The molecule has 0 atom stereocenters. The molecule has 18 heavy (non-hydrogen) atoms. The molecule has 5 nitrogen and oxygen atoms in total. The van der Waals surface area contributed by atoms with Crippen molar-refractivity contribution < 1.29 is 13.2 Å². The van der Waals surface area contributed by atoms with Crippen molar-refractivity contribution >= 4 is 27.1 Å². The second kappa shape index (κ2) is 4.61. The van der Waals surface area contributed by atoms with Crippen LogP contribution in [0.4, 0.5) is 11.4 Å². The van der Waals surface area contributed by atoms with Gasteiger partial charge in [-0.1, -0.05) is 0 Å². The van der Waals surface area contributed by atoms with Crippen molar-refractivity contribution in [2.75, 3.05) is 29.2 Å². The highest BCUT2D eigenvalue weighted by molar-refractivity contribution is 7.91. The molecular formula is C12H16N2O3S. The summed E-state index contributed by atoms with van der Waals surface area (Å²) in [5, 5.41) is 0. The molecule has 1 aliphatic rings. The van der Waals surface area contributed by atoms with Crippen LogP contribution in [-0.4, -0.2) is 32.9 Å². The zero-order valence-corrected chi connectivity index (χ0v) is 11.0. The average Bonchev–Trinajstić information content (AvgIpc) is 2.25. The molecule has 1 aliphatic heterocycles. The number of nitrogens with two attached hydrogens (primary N) is 1. The lowest BCUT2D eigenvalue weighted by atomic mass is 10.0. The second-order valence-corrected chi connectivity index (χ2v) is 6.75. The third-order valence-electron chi connectivity index (χ3n) is 2.91. The average molecular weight is 268 g/mol. The van der Waals surface area contributed by atoms with Gasteiger partial charge < -0.3 is 10.6 Å². The Kier molecular flexibility index (Phi) is 3.30. The van der Waals surface area contributed by atoms with Gasteiger partial charge in [-0.25, -0.2) is 8.42 Å². The van der Waals surface area contributed by atoms with E-state index in [1.54, 1.807) is 17.0 Å². The molecule has 98 valence electrons. The number of sulfone groups is 1. The molecule has 1 heterocycles. The van der Waals surface area contributed by atoms with E-state index in [-0.39, 0.29) is 5.91 Å². The zero-order chi connectivity index (χ0) is 13.3. The Morgan fingerprint density at radius 2 is 2.17 bits per heavy atom. The predicted octanol–water partition coefficient (Wildman–Crippen LogP) is 0.593. The fraction of sp³-hybridized carbons (Fsp3) is 0.417. The number of carbonyl (C=O) groups excluding carboxylic acids is 1. The predicted molar refractivity (Wildman–Crippen MR) is 71.2 cm³/mol. The van der Waals surface area contributed by atoms with E-state index in [9.17, 15) is 13.2 Å². The number of fused-ring (bicyclic) bond motifs is 1. The minimum Gasteiger partial charge on any atom is -0.399 e. The van der Waals surface area contributed by atoms with Crippen molar-refractivity contribution in [3.05, 3.63) is 23.8 Å². The molecule has 2 N–H and O–H groups in total. The van der Waals surface area contributed by atoms with Crippen LogP contribution in [0.1, 0.15) is 12.0 Å². The quantitative estimate of drug-likeness (QED) is 0.796. The van der Waals surface area contributed by atoms with E-state index in [0.29, 0.717) is 12.2 Å². The summed E-state index contributed by atoms with van der Waals surface area (Å²) in [4.78, 5) is 13.5. The normalized spacial score (nSPS) is 15.3. The third-order valence-corrected chi connectivity index (χ3v) is 3.68. The van der Waals surface area contributed by atoms with Gasteiger partial charge in [0.15, 0.2) is 9.84 Å². The van der Waals surface area contributed by atoms with Crippen LogP contribution in [0.5, 0.6) is 0 Å². The monoisotopic (exact) mass is 268 g/mol. The van der Waals surface area contributed by atoms with Gasteiger partial charge in [-0.3, -0.25) is 4.79 Å². The van der Waals surface area contributed by atoms with Gasteiger partial charge in [-0.05, 0) is 36.6 Å². The topological polar surface area (TPSA) is 80.5 Å². The van der Waals surface area contributed by atoms with Crippen LogP contribution in [0, 0.1) is 0 Å². The van der Waals surface area contributed by atoms with Crippen LogP contribution in [0.15, 0.2) is 18.2 Å². The number of nitrogen functional groups attached to an aromatic ring is 1. The molecule has 6 heteroatoms. The van der Waals surface area contributed by atoms with Crippen LogP contribution in [0.2, 0.25) is 0 Å². The highest BCUT2D eigenvalue weighted by Gasteiger charge is 2.24. The number of nitrogens with zero attached hydrogens (tertiary/aromatic N) is 1. The first-order valence-corrected chi connectivity index (χ1v) is 7.79. The Balaban J connectivity index is 2.30. The number of hydrogen-bond acceptors (Lipinski definition) is 4. The van der Waals surface area contributed by atoms with Gasteiger partial charge in [0, 0.05) is 24.2 Å². The van der Waals surface area contributed by atoms with Crippen molar-refractivity contribution in [2.24, 2.45) is 0 Å². The summed E-state index contributed by atoms with van der Waals surface area (Å²) in [7, 11) is -3.30. The Bertz CT molecular complexity index is 581. The molecule has 1 amide bonds. The standard InChI is InChI=1S/C12H16N2O3S/c1-18(16,17)8-12(15)14-6-2-3-9-7-10(13)4-5-11(9)14/h4-5,7H,2-3,6,8,13H2,1H3. The van der Waals surface area contributed by atoms with E-state index >= 15 is 0 Å².